The van der Waals surface area contributed by atoms with Gasteiger partial charge >= 0.3 is 0 Å². The van der Waals surface area contributed by atoms with Crippen molar-refractivity contribution in [3.8, 4) is 0 Å². The van der Waals surface area contributed by atoms with Crippen LogP contribution in [0.5, 0.6) is 0 Å². The molecule has 21 heavy (non-hydrogen) atoms. The summed E-state index contributed by atoms with van der Waals surface area (Å²) in [4.78, 5) is 16.4. The van der Waals surface area contributed by atoms with Crippen LogP contribution < -0.4 is 10.6 Å². The second-order valence-corrected chi connectivity index (χ2v) is 6.14. The van der Waals surface area contributed by atoms with E-state index in [1.807, 2.05) is 17.5 Å². The normalized spacial score (nSPS) is 14.3. The van der Waals surface area contributed by atoms with Crippen LogP contribution in [0.1, 0.15) is 26.5 Å². The van der Waals surface area contributed by atoms with Gasteiger partial charge in [0.1, 0.15) is 0 Å². The van der Waals surface area contributed by atoms with E-state index < -0.39 is 0 Å². The summed E-state index contributed by atoms with van der Waals surface area (Å²) in [5.41, 5.74) is 3.42. The predicted octanol–water partition coefficient (Wildman–Crippen LogP) is 1.80. The Bertz CT molecular complexity index is 610. The molecule has 110 valence electrons. The zero-order chi connectivity index (χ0) is 14.5. The SMILES string of the molecule is O=C(NCCc1nccs1)c1ccc2c(c1)CCNCC2. The predicted molar refractivity (Wildman–Crippen MR) is 84.9 cm³/mol. The summed E-state index contributed by atoms with van der Waals surface area (Å²) >= 11 is 1.62. The number of nitrogens with one attached hydrogen (secondary N) is 2. The lowest BCUT2D eigenvalue weighted by molar-refractivity contribution is 0.0954. The van der Waals surface area contributed by atoms with Crippen LogP contribution in [0.4, 0.5) is 0 Å². The number of nitrogens with zero attached hydrogens (tertiary/aromatic N) is 1. The first kappa shape index (κ1) is 14.2. The van der Waals surface area contributed by atoms with Gasteiger partial charge in [-0.15, -0.1) is 11.3 Å². The molecule has 0 saturated carbocycles. The molecule has 0 aliphatic carbocycles. The highest BCUT2D eigenvalue weighted by atomic mass is 32.1. The van der Waals surface area contributed by atoms with Crippen molar-refractivity contribution in [3.05, 3.63) is 51.5 Å². The number of benzene rings is 1. The van der Waals surface area contributed by atoms with Gasteiger partial charge in [0, 0.05) is 30.1 Å². The average Bonchev–Trinajstić information content (AvgIpc) is 2.90. The Morgan fingerprint density at radius 2 is 2.14 bits per heavy atom. The van der Waals surface area contributed by atoms with Crippen LogP contribution in [0.25, 0.3) is 0 Å². The van der Waals surface area contributed by atoms with Crippen LogP contribution in [0, 0.1) is 0 Å². The third-order valence-corrected chi connectivity index (χ3v) is 4.56. The van der Waals surface area contributed by atoms with Crippen molar-refractivity contribution in [2.75, 3.05) is 19.6 Å². The first-order valence-electron chi connectivity index (χ1n) is 7.32. The fourth-order valence-corrected chi connectivity index (χ4v) is 3.20. The molecule has 0 spiro atoms. The van der Waals surface area contributed by atoms with E-state index in [9.17, 15) is 4.79 Å². The molecule has 0 fully saturated rings. The first-order chi connectivity index (χ1) is 10.3. The lowest BCUT2D eigenvalue weighted by Crippen LogP contribution is -2.25. The van der Waals surface area contributed by atoms with Gasteiger partial charge in [0.15, 0.2) is 0 Å². The lowest BCUT2D eigenvalue weighted by Gasteiger charge is -2.09. The Labute approximate surface area is 128 Å². The van der Waals surface area contributed by atoms with Crippen molar-refractivity contribution in [1.82, 2.24) is 15.6 Å². The quantitative estimate of drug-likeness (QED) is 0.905. The van der Waals surface area contributed by atoms with Crippen molar-refractivity contribution in [1.29, 1.82) is 0 Å². The van der Waals surface area contributed by atoms with Crippen molar-refractivity contribution in [3.63, 3.8) is 0 Å². The molecule has 1 aliphatic heterocycles. The summed E-state index contributed by atoms with van der Waals surface area (Å²) in [7, 11) is 0. The maximum Gasteiger partial charge on any atom is 0.251 e. The van der Waals surface area contributed by atoms with E-state index in [1.165, 1.54) is 11.1 Å². The van der Waals surface area contributed by atoms with Crippen molar-refractivity contribution in [2.45, 2.75) is 19.3 Å². The van der Waals surface area contributed by atoms with Crippen LogP contribution >= 0.6 is 11.3 Å². The highest BCUT2D eigenvalue weighted by Crippen LogP contribution is 2.15. The van der Waals surface area contributed by atoms with Crippen LogP contribution in [0.3, 0.4) is 0 Å². The highest BCUT2D eigenvalue weighted by molar-refractivity contribution is 7.09. The van der Waals surface area contributed by atoms with E-state index >= 15 is 0 Å². The molecular weight excluding hydrogens is 282 g/mol. The van der Waals surface area contributed by atoms with Gasteiger partial charge in [-0.3, -0.25) is 4.79 Å². The minimum atomic E-state index is 0.00608. The van der Waals surface area contributed by atoms with Gasteiger partial charge < -0.3 is 10.6 Å². The summed E-state index contributed by atoms with van der Waals surface area (Å²) in [6.07, 6.45) is 4.62. The number of aromatic nitrogens is 1. The fraction of sp³-hybridized carbons (Fsp3) is 0.375. The molecule has 1 aromatic heterocycles. The maximum absolute atomic E-state index is 12.2. The minimum Gasteiger partial charge on any atom is -0.352 e. The van der Waals surface area contributed by atoms with Crippen molar-refractivity contribution >= 4 is 17.2 Å². The van der Waals surface area contributed by atoms with Crippen molar-refractivity contribution in [2.24, 2.45) is 0 Å². The second kappa shape index (κ2) is 6.83. The summed E-state index contributed by atoms with van der Waals surface area (Å²) in [5, 5.41) is 9.37. The van der Waals surface area contributed by atoms with Crippen LogP contribution in [0.15, 0.2) is 29.8 Å². The third kappa shape index (κ3) is 3.68. The number of rotatable bonds is 4. The van der Waals surface area contributed by atoms with E-state index in [-0.39, 0.29) is 5.91 Å². The molecule has 2 aromatic rings. The van der Waals surface area contributed by atoms with E-state index in [0.717, 1.165) is 42.9 Å². The first-order valence-corrected chi connectivity index (χ1v) is 8.20. The molecule has 0 radical (unpaired) electrons. The largest absolute Gasteiger partial charge is 0.352 e. The second-order valence-electron chi connectivity index (χ2n) is 5.17. The van der Waals surface area contributed by atoms with Crippen molar-refractivity contribution < 1.29 is 4.79 Å². The fourth-order valence-electron chi connectivity index (χ4n) is 2.58. The topological polar surface area (TPSA) is 54.0 Å². The molecular formula is C16H19N3OS. The van der Waals surface area contributed by atoms with Crippen LogP contribution in [-0.4, -0.2) is 30.5 Å². The molecule has 1 amide bonds. The van der Waals surface area contributed by atoms with Gasteiger partial charge in [-0.05, 0) is 49.2 Å². The summed E-state index contributed by atoms with van der Waals surface area (Å²) < 4.78 is 0. The van der Waals surface area contributed by atoms with Gasteiger partial charge in [0.25, 0.3) is 5.91 Å². The Kier molecular flexibility index (Phi) is 4.62. The average molecular weight is 301 g/mol. The number of hydrogen-bond donors (Lipinski definition) is 2. The Balaban J connectivity index is 1.60. The number of thiazole rings is 1. The van der Waals surface area contributed by atoms with Gasteiger partial charge in [-0.2, -0.15) is 0 Å². The Morgan fingerprint density at radius 1 is 1.29 bits per heavy atom. The molecule has 4 nitrogen and oxygen atoms in total. The van der Waals surface area contributed by atoms with Gasteiger partial charge in [0.2, 0.25) is 0 Å². The van der Waals surface area contributed by atoms with E-state index in [2.05, 4.69) is 21.7 Å². The summed E-state index contributed by atoms with van der Waals surface area (Å²) in [6, 6.07) is 6.07. The number of hydrogen-bond acceptors (Lipinski definition) is 4. The maximum atomic E-state index is 12.2. The standard InChI is InChI=1S/C16H19N3OS/c20-16(19-8-5-15-18-9-10-21-15)14-2-1-12-3-6-17-7-4-13(12)11-14/h1-2,9-11,17H,3-8H2,(H,19,20). The number of carbonyl (C=O) groups is 1. The van der Waals surface area contributed by atoms with E-state index in [1.54, 1.807) is 17.5 Å². The van der Waals surface area contributed by atoms with Gasteiger partial charge in [-0.25, -0.2) is 4.98 Å². The lowest BCUT2D eigenvalue weighted by atomic mass is 10.00. The monoisotopic (exact) mass is 301 g/mol. The molecule has 1 aromatic carbocycles. The molecule has 5 heteroatoms. The third-order valence-electron chi connectivity index (χ3n) is 3.72. The molecule has 2 heterocycles. The van der Waals surface area contributed by atoms with E-state index in [0.29, 0.717) is 6.54 Å². The molecule has 0 unspecified atom stereocenters. The summed E-state index contributed by atoms with van der Waals surface area (Å²) in [5.74, 6) is 0.00608. The van der Waals surface area contributed by atoms with E-state index in [4.69, 9.17) is 0 Å². The zero-order valence-corrected chi connectivity index (χ0v) is 12.7. The zero-order valence-electron chi connectivity index (χ0n) is 11.9. The van der Waals surface area contributed by atoms with Crippen LogP contribution in [0.2, 0.25) is 0 Å². The Morgan fingerprint density at radius 3 is 2.95 bits per heavy atom. The highest BCUT2D eigenvalue weighted by Gasteiger charge is 2.11. The molecule has 2 N–H and O–H groups in total. The number of carbonyl (C=O) groups excluding carboxylic acids is 1. The molecule has 0 atom stereocenters. The number of fused-ring (bicyclic) bond motifs is 1. The molecule has 3 rings (SSSR count). The van der Waals surface area contributed by atoms with Gasteiger partial charge in [0.05, 0.1) is 5.01 Å². The molecule has 1 aliphatic rings. The molecule has 0 saturated heterocycles. The van der Waals surface area contributed by atoms with Crippen LogP contribution in [-0.2, 0) is 19.3 Å². The Hall–Kier alpha value is -1.72. The molecule has 0 bridgehead atoms. The van der Waals surface area contributed by atoms with Gasteiger partial charge in [-0.1, -0.05) is 6.07 Å². The number of amides is 1. The summed E-state index contributed by atoms with van der Waals surface area (Å²) in [6.45, 7) is 2.64. The minimum absolute atomic E-state index is 0.00608. The smallest absolute Gasteiger partial charge is 0.251 e.